The molecule has 5 fully saturated rings. The minimum Gasteiger partial charge on any atom is -0.459 e. The predicted molar refractivity (Wildman–Crippen MR) is 147 cm³/mol. The molecular formula is C32H46O10. The van der Waals surface area contributed by atoms with Crippen molar-refractivity contribution in [2.75, 3.05) is 6.61 Å². The summed E-state index contributed by atoms with van der Waals surface area (Å²) in [4.78, 5) is 40.2. The Balaban J connectivity index is 1.38. The van der Waals surface area contributed by atoms with E-state index in [0.29, 0.717) is 18.4 Å². The van der Waals surface area contributed by atoms with Gasteiger partial charge >= 0.3 is 11.9 Å². The minimum atomic E-state index is -2.11. The number of aliphatic hydroxyl groups is 4. The molecule has 1 spiro atoms. The van der Waals surface area contributed by atoms with E-state index in [1.165, 1.54) is 6.08 Å². The van der Waals surface area contributed by atoms with Crippen LogP contribution in [-0.2, 0) is 28.6 Å². The maximum absolute atomic E-state index is 13.7. The lowest BCUT2D eigenvalue weighted by Crippen LogP contribution is -2.78. The fourth-order valence-corrected chi connectivity index (χ4v) is 10.9. The maximum Gasteiger partial charge on any atom is 0.348 e. The third-order valence-electron chi connectivity index (χ3n) is 12.5. The van der Waals surface area contributed by atoms with Gasteiger partial charge < -0.3 is 34.6 Å². The summed E-state index contributed by atoms with van der Waals surface area (Å²) < 4.78 is 18.0. The van der Waals surface area contributed by atoms with Crippen LogP contribution in [0.1, 0.15) is 73.6 Å². The fourth-order valence-electron chi connectivity index (χ4n) is 10.9. The molecule has 1 unspecified atom stereocenters. The summed E-state index contributed by atoms with van der Waals surface area (Å²) >= 11 is 0. The van der Waals surface area contributed by atoms with Gasteiger partial charge in [-0.15, -0.1) is 0 Å². The summed E-state index contributed by atoms with van der Waals surface area (Å²) in [5.41, 5.74) is -2.95. The molecule has 10 nitrogen and oxygen atoms in total. The molecule has 0 aromatic rings. The first-order valence-corrected chi connectivity index (χ1v) is 15.6. The number of allylic oxidation sites excluding steroid dienone is 1. The van der Waals surface area contributed by atoms with Crippen LogP contribution in [0.5, 0.6) is 0 Å². The largest absolute Gasteiger partial charge is 0.459 e. The zero-order chi connectivity index (χ0) is 30.7. The Labute approximate surface area is 246 Å². The first kappa shape index (κ1) is 30.2. The van der Waals surface area contributed by atoms with Gasteiger partial charge in [-0.05, 0) is 61.9 Å². The highest BCUT2D eigenvalue weighted by atomic mass is 16.7. The van der Waals surface area contributed by atoms with Crippen LogP contribution in [0.2, 0.25) is 0 Å². The van der Waals surface area contributed by atoms with Gasteiger partial charge in [-0.1, -0.05) is 46.6 Å². The highest BCUT2D eigenvalue weighted by molar-refractivity contribution is 5.96. The Bertz CT molecular complexity index is 1210. The molecule has 42 heavy (non-hydrogen) atoms. The van der Waals surface area contributed by atoms with E-state index in [1.807, 2.05) is 13.8 Å². The van der Waals surface area contributed by atoms with E-state index in [1.54, 1.807) is 20.8 Å². The third-order valence-corrected chi connectivity index (χ3v) is 12.5. The molecule has 4 N–H and O–H groups in total. The van der Waals surface area contributed by atoms with E-state index in [-0.39, 0.29) is 30.8 Å². The van der Waals surface area contributed by atoms with Gasteiger partial charge in [-0.2, -0.15) is 0 Å². The summed E-state index contributed by atoms with van der Waals surface area (Å²) in [6, 6.07) is 0. The number of rotatable bonds is 4. The van der Waals surface area contributed by atoms with E-state index >= 15 is 0 Å². The van der Waals surface area contributed by atoms with Crippen LogP contribution in [0.15, 0.2) is 11.6 Å². The zero-order valence-corrected chi connectivity index (χ0v) is 25.4. The van der Waals surface area contributed by atoms with Crippen molar-refractivity contribution in [1.82, 2.24) is 0 Å². The fraction of sp³-hybridized carbons (Fsp3) is 0.844. The Hall–Kier alpha value is -1.85. The molecule has 6 rings (SSSR count). The standard InChI is InChI=1S/C32H46O10/c1-14(2)18-8-7-15(3)11-30(18,38)12-22(34)42-24-23-17(5)25(35)32(39)28-29(6)19(16(4)9-20(33)26(29)36)10-21(41-27(24)37)31(23,28)13-40-32/h9,14-15,17-19,21,23-26,28,35-36,38-39H,7-8,10-13H2,1-6H3/t15?,17-,18+,19+,21-,23-,24-,25-,26-,28-,29-,30-,31+,32+/m1/s1. The van der Waals surface area contributed by atoms with E-state index in [4.69, 9.17) is 14.2 Å². The van der Waals surface area contributed by atoms with Crippen LogP contribution in [0.4, 0.5) is 0 Å². The van der Waals surface area contributed by atoms with Crippen molar-refractivity contribution >= 4 is 17.7 Å². The van der Waals surface area contributed by atoms with Crippen molar-refractivity contribution < 1.29 is 49.0 Å². The molecule has 2 heterocycles. The van der Waals surface area contributed by atoms with Crippen LogP contribution in [-0.4, -0.2) is 80.6 Å². The van der Waals surface area contributed by atoms with Gasteiger partial charge in [-0.3, -0.25) is 9.59 Å². The second-order valence-electron chi connectivity index (χ2n) is 15.1. The van der Waals surface area contributed by atoms with Gasteiger partial charge in [0.2, 0.25) is 6.10 Å². The quantitative estimate of drug-likeness (QED) is 0.356. The zero-order valence-electron chi connectivity index (χ0n) is 25.4. The topological polar surface area (TPSA) is 160 Å². The van der Waals surface area contributed by atoms with Crippen LogP contribution in [0.25, 0.3) is 0 Å². The summed E-state index contributed by atoms with van der Waals surface area (Å²) in [7, 11) is 0. The number of carbonyl (C=O) groups excluding carboxylic acids is 3. The molecule has 0 radical (unpaired) electrons. The molecule has 2 aliphatic heterocycles. The smallest absolute Gasteiger partial charge is 0.348 e. The van der Waals surface area contributed by atoms with Crippen LogP contribution >= 0.6 is 0 Å². The van der Waals surface area contributed by atoms with Gasteiger partial charge in [0, 0.05) is 22.7 Å². The second kappa shape index (κ2) is 9.57. The lowest BCUT2D eigenvalue weighted by atomic mass is 9.38. The number of hydrogen-bond donors (Lipinski definition) is 4. The van der Waals surface area contributed by atoms with Gasteiger partial charge in [-0.25, -0.2) is 4.79 Å². The van der Waals surface area contributed by atoms with Crippen molar-refractivity contribution in [3.8, 4) is 0 Å². The maximum atomic E-state index is 13.7. The number of aliphatic hydroxyl groups excluding tert-OH is 2. The molecule has 0 amide bonds. The number of hydrogen-bond acceptors (Lipinski definition) is 10. The molecule has 2 saturated heterocycles. The summed E-state index contributed by atoms with van der Waals surface area (Å²) in [5.74, 6) is -6.77. The molecule has 14 atom stereocenters. The van der Waals surface area contributed by atoms with E-state index < -0.39 is 88.0 Å². The number of esters is 2. The van der Waals surface area contributed by atoms with Crippen molar-refractivity contribution in [2.45, 2.75) is 109 Å². The lowest BCUT2D eigenvalue weighted by molar-refractivity contribution is -0.340. The van der Waals surface area contributed by atoms with Crippen LogP contribution < -0.4 is 0 Å². The molecule has 234 valence electrons. The minimum absolute atomic E-state index is 0.0996. The van der Waals surface area contributed by atoms with E-state index in [0.717, 1.165) is 12.8 Å². The molecule has 6 aliphatic rings. The summed E-state index contributed by atoms with van der Waals surface area (Å²) in [6.45, 7) is 11.2. The molecular weight excluding hydrogens is 544 g/mol. The molecule has 0 aromatic carbocycles. The van der Waals surface area contributed by atoms with Gasteiger partial charge in [0.25, 0.3) is 0 Å². The highest BCUT2D eigenvalue weighted by Crippen LogP contribution is 2.73. The monoisotopic (exact) mass is 590 g/mol. The van der Waals surface area contributed by atoms with Gasteiger partial charge in [0.15, 0.2) is 11.6 Å². The van der Waals surface area contributed by atoms with Crippen LogP contribution in [0, 0.1) is 52.3 Å². The average molecular weight is 591 g/mol. The molecule has 0 aromatic heterocycles. The molecule has 3 saturated carbocycles. The third kappa shape index (κ3) is 3.77. The van der Waals surface area contributed by atoms with Crippen molar-refractivity contribution in [3.05, 3.63) is 11.6 Å². The number of fused-ring (bicyclic) bond motifs is 1. The van der Waals surface area contributed by atoms with Crippen LogP contribution in [0.3, 0.4) is 0 Å². The first-order chi connectivity index (χ1) is 19.5. The highest BCUT2D eigenvalue weighted by Gasteiger charge is 2.83. The van der Waals surface area contributed by atoms with Crippen molar-refractivity contribution in [3.63, 3.8) is 0 Å². The second-order valence-corrected chi connectivity index (χ2v) is 15.1. The first-order valence-electron chi connectivity index (χ1n) is 15.6. The summed E-state index contributed by atoms with van der Waals surface area (Å²) in [6.07, 6.45) is -1.52. The Kier molecular flexibility index (Phi) is 6.88. The number of carbonyl (C=O) groups is 3. The Morgan fingerprint density at radius 2 is 1.86 bits per heavy atom. The van der Waals surface area contributed by atoms with Crippen molar-refractivity contribution in [1.29, 1.82) is 0 Å². The SMILES string of the molecule is CC1=CC(=O)[C@@H](O)[C@]2(C)[C@H]3[C@@]4(O)OC[C@]35[C@H]([C@@H](C)[C@H]4O)[C@@H](OC(=O)C[C@]3(O)CC(C)CC[C@H]3C(C)C)C(=O)O[C@@H]5C[C@@H]12. The lowest BCUT2D eigenvalue weighted by Gasteiger charge is -2.68. The molecule has 2 bridgehead atoms. The summed E-state index contributed by atoms with van der Waals surface area (Å²) in [5, 5.41) is 46.6. The normalized spacial score (nSPS) is 53.2. The Morgan fingerprint density at radius 1 is 1.17 bits per heavy atom. The predicted octanol–water partition coefficient (Wildman–Crippen LogP) is 1.90. The average Bonchev–Trinajstić information content (AvgIpc) is 3.18. The van der Waals surface area contributed by atoms with Gasteiger partial charge in [0.1, 0.15) is 18.3 Å². The number of ether oxygens (including phenoxy) is 3. The molecule has 4 aliphatic carbocycles. The van der Waals surface area contributed by atoms with Gasteiger partial charge in [0.05, 0.1) is 18.6 Å². The van der Waals surface area contributed by atoms with Crippen molar-refractivity contribution in [2.24, 2.45) is 52.3 Å². The molecule has 10 heteroatoms. The van der Waals surface area contributed by atoms with E-state index in [2.05, 4.69) is 6.92 Å². The van der Waals surface area contributed by atoms with E-state index in [9.17, 15) is 34.8 Å². The Morgan fingerprint density at radius 3 is 2.52 bits per heavy atom. The number of ketones is 1.